The van der Waals surface area contributed by atoms with Gasteiger partial charge in [-0.05, 0) is 19.8 Å². The molecule has 0 unspecified atom stereocenters. The number of ether oxygens (including phenoxy) is 1. The van der Waals surface area contributed by atoms with Crippen molar-refractivity contribution in [3.05, 3.63) is 29.2 Å². The van der Waals surface area contributed by atoms with Crippen LogP contribution in [-0.4, -0.2) is 16.6 Å². The van der Waals surface area contributed by atoms with E-state index < -0.39 is 0 Å². The molecule has 0 saturated carbocycles. The van der Waals surface area contributed by atoms with Crippen LogP contribution >= 0.6 is 11.6 Å². The molecular formula is C12H17ClN2O. The summed E-state index contributed by atoms with van der Waals surface area (Å²) in [5.41, 5.74) is 0.797. The fourth-order valence-corrected chi connectivity index (χ4v) is 1.40. The fourth-order valence-electron chi connectivity index (χ4n) is 1.23. The molecule has 1 aromatic rings. The van der Waals surface area contributed by atoms with Crippen LogP contribution in [0.15, 0.2) is 12.7 Å². The quantitative estimate of drug-likeness (QED) is 0.435. The third kappa shape index (κ3) is 3.49. The van der Waals surface area contributed by atoms with Crippen molar-refractivity contribution in [1.29, 1.82) is 0 Å². The Morgan fingerprint density at radius 2 is 2.19 bits per heavy atom. The van der Waals surface area contributed by atoms with Gasteiger partial charge < -0.3 is 4.74 Å². The van der Waals surface area contributed by atoms with Gasteiger partial charge in [0.2, 0.25) is 5.88 Å². The molecule has 0 amide bonds. The smallest absolute Gasteiger partial charge is 0.221 e. The van der Waals surface area contributed by atoms with E-state index in [1.165, 1.54) is 0 Å². The van der Waals surface area contributed by atoms with E-state index >= 15 is 0 Å². The summed E-state index contributed by atoms with van der Waals surface area (Å²) in [6.45, 7) is 8.15. The van der Waals surface area contributed by atoms with Gasteiger partial charge in [-0.3, -0.25) is 0 Å². The minimum atomic E-state index is 0.479. The van der Waals surface area contributed by atoms with E-state index in [1.807, 2.05) is 13.0 Å². The highest BCUT2D eigenvalue weighted by atomic mass is 35.5. The molecule has 4 heteroatoms. The Morgan fingerprint density at radius 1 is 1.44 bits per heavy atom. The van der Waals surface area contributed by atoms with Gasteiger partial charge in [-0.1, -0.05) is 24.6 Å². The molecule has 0 bridgehead atoms. The van der Waals surface area contributed by atoms with E-state index in [2.05, 4.69) is 23.5 Å². The van der Waals surface area contributed by atoms with Crippen molar-refractivity contribution in [3.8, 4) is 5.88 Å². The first kappa shape index (κ1) is 13.0. The van der Waals surface area contributed by atoms with Gasteiger partial charge in [0.1, 0.15) is 11.0 Å². The van der Waals surface area contributed by atoms with E-state index in [-0.39, 0.29) is 0 Å². The number of nitrogens with zero attached hydrogens (tertiary/aromatic N) is 2. The van der Waals surface area contributed by atoms with E-state index in [4.69, 9.17) is 16.3 Å². The first-order chi connectivity index (χ1) is 7.69. The van der Waals surface area contributed by atoms with Crippen molar-refractivity contribution < 1.29 is 4.74 Å². The molecule has 0 fully saturated rings. The average Bonchev–Trinajstić information content (AvgIpc) is 2.25. The number of hydrogen-bond acceptors (Lipinski definition) is 3. The Bertz CT molecular complexity index is 366. The lowest BCUT2D eigenvalue weighted by molar-refractivity contribution is 0.308. The minimum absolute atomic E-state index is 0.479. The SMILES string of the molecule is C=CCCOc1nc(CCC)nc(Cl)c1C. The normalized spacial score (nSPS) is 10.2. The maximum absolute atomic E-state index is 6.02. The summed E-state index contributed by atoms with van der Waals surface area (Å²) < 4.78 is 5.54. The average molecular weight is 241 g/mol. The molecule has 0 radical (unpaired) electrons. The molecule has 1 rings (SSSR count). The van der Waals surface area contributed by atoms with Crippen molar-refractivity contribution in [2.45, 2.75) is 33.1 Å². The lowest BCUT2D eigenvalue weighted by atomic mass is 10.3. The van der Waals surface area contributed by atoms with Crippen molar-refractivity contribution in [2.24, 2.45) is 0 Å². The first-order valence-corrected chi connectivity index (χ1v) is 5.83. The number of rotatable bonds is 6. The molecular weight excluding hydrogens is 224 g/mol. The second-order valence-corrected chi connectivity index (χ2v) is 3.89. The lowest BCUT2D eigenvalue weighted by Crippen LogP contribution is -2.04. The number of halogens is 1. The van der Waals surface area contributed by atoms with Gasteiger partial charge in [0.15, 0.2) is 0 Å². The number of aryl methyl sites for hydroxylation is 1. The third-order valence-corrected chi connectivity index (χ3v) is 2.49. The molecule has 1 heterocycles. The standard InChI is InChI=1S/C12H17ClN2O/c1-4-6-8-16-12-9(3)11(13)14-10(15-12)7-5-2/h4H,1,5-8H2,2-3H3. The summed E-state index contributed by atoms with van der Waals surface area (Å²) in [6, 6.07) is 0. The van der Waals surface area contributed by atoms with Crippen LogP contribution in [0.25, 0.3) is 0 Å². The molecule has 0 spiro atoms. The highest BCUT2D eigenvalue weighted by Crippen LogP contribution is 2.22. The number of hydrogen-bond donors (Lipinski definition) is 0. The lowest BCUT2D eigenvalue weighted by Gasteiger charge is -2.09. The molecule has 0 aliphatic rings. The van der Waals surface area contributed by atoms with Crippen LogP contribution in [0.3, 0.4) is 0 Å². The van der Waals surface area contributed by atoms with Crippen LogP contribution in [0.4, 0.5) is 0 Å². The Hall–Kier alpha value is -1.09. The largest absolute Gasteiger partial charge is 0.477 e. The molecule has 0 atom stereocenters. The number of aromatic nitrogens is 2. The predicted octanol–water partition coefficient (Wildman–Crippen LogP) is 3.35. The van der Waals surface area contributed by atoms with Crippen molar-refractivity contribution in [1.82, 2.24) is 9.97 Å². The highest BCUT2D eigenvalue weighted by Gasteiger charge is 2.09. The Labute approximate surface area is 102 Å². The summed E-state index contributed by atoms with van der Waals surface area (Å²) in [4.78, 5) is 8.55. The van der Waals surface area contributed by atoms with Crippen LogP contribution in [-0.2, 0) is 6.42 Å². The van der Waals surface area contributed by atoms with Crippen molar-refractivity contribution >= 4 is 11.6 Å². The molecule has 0 saturated heterocycles. The van der Waals surface area contributed by atoms with Gasteiger partial charge in [-0.15, -0.1) is 6.58 Å². The van der Waals surface area contributed by atoms with Crippen LogP contribution in [0.1, 0.15) is 31.2 Å². The van der Waals surface area contributed by atoms with Crippen LogP contribution in [0, 0.1) is 6.92 Å². The van der Waals surface area contributed by atoms with E-state index in [0.29, 0.717) is 17.6 Å². The summed E-state index contributed by atoms with van der Waals surface area (Å²) in [5, 5.41) is 0.479. The minimum Gasteiger partial charge on any atom is -0.477 e. The zero-order chi connectivity index (χ0) is 12.0. The Balaban J connectivity index is 2.83. The van der Waals surface area contributed by atoms with Crippen molar-refractivity contribution in [3.63, 3.8) is 0 Å². The highest BCUT2D eigenvalue weighted by molar-refractivity contribution is 6.30. The Kier molecular flexibility index (Phi) is 5.26. The first-order valence-electron chi connectivity index (χ1n) is 5.45. The van der Waals surface area contributed by atoms with Gasteiger partial charge in [0.05, 0.1) is 6.61 Å². The topological polar surface area (TPSA) is 35.0 Å². The summed E-state index contributed by atoms with van der Waals surface area (Å²) in [5.74, 6) is 1.33. The van der Waals surface area contributed by atoms with Gasteiger partial charge in [-0.25, -0.2) is 4.98 Å². The van der Waals surface area contributed by atoms with Crippen LogP contribution in [0.2, 0.25) is 5.15 Å². The molecule has 16 heavy (non-hydrogen) atoms. The second-order valence-electron chi connectivity index (χ2n) is 3.54. The monoisotopic (exact) mass is 240 g/mol. The molecule has 0 aliphatic carbocycles. The summed E-state index contributed by atoms with van der Waals surface area (Å²) in [7, 11) is 0. The van der Waals surface area contributed by atoms with Gasteiger partial charge >= 0.3 is 0 Å². The predicted molar refractivity (Wildman–Crippen MR) is 66.1 cm³/mol. The van der Waals surface area contributed by atoms with E-state index in [0.717, 1.165) is 30.7 Å². The zero-order valence-corrected chi connectivity index (χ0v) is 10.5. The fraction of sp³-hybridized carbons (Fsp3) is 0.500. The van der Waals surface area contributed by atoms with Crippen molar-refractivity contribution in [2.75, 3.05) is 6.61 Å². The van der Waals surface area contributed by atoms with Gasteiger partial charge in [0.25, 0.3) is 0 Å². The molecule has 1 aromatic heterocycles. The second kappa shape index (κ2) is 6.48. The third-order valence-electron chi connectivity index (χ3n) is 2.12. The zero-order valence-electron chi connectivity index (χ0n) is 9.79. The molecule has 88 valence electrons. The molecule has 0 aromatic carbocycles. The van der Waals surface area contributed by atoms with E-state index in [9.17, 15) is 0 Å². The molecule has 3 nitrogen and oxygen atoms in total. The molecule has 0 aliphatic heterocycles. The van der Waals surface area contributed by atoms with Crippen LogP contribution in [0.5, 0.6) is 5.88 Å². The Morgan fingerprint density at radius 3 is 2.81 bits per heavy atom. The summed E-state index contributed by atoms with van der Waals surface area (Å²) >= 11 is 6.02. The van der Waals surface area contributed by atoms with Gasteiger partial charge in [-0.2, -0.15) is 4.98 Å². The van der Waals surface area contributed by atoms with Gasteiger partial charge in [0, 0.05) is 12.0 Å². The maximum atomic E-state index is 6.02. The summed E-state index contributed by atoms with van der Waals surface area (Å²) in [6.07, 6.45) is 4.42. The van der Waals surface area contributed by atoms with Crippen LogP contribution < -0.4 is 4.74 Å². The molecule has 0 N–H and O–H groups in total. The van der Waals surface area contributed by atoms with E-state index in [1.54, 1.807) is 0 Å². The maximum Gasteiger partial charge on any atom is 0.221 e.